The summed E-state index contributed by atoms with van der Waals surface area (Å²) in [7, 11) is 1.84. The van der Waals surface area contributed by atoms with Crippen molar-refractivity contribution in [3.63, 3.8) is 0 Å². The first kappa shape index (κ1) is 18.3. The second kappa shape index (κ2) is 7.50. The molecule has 1 amide bonds. The molecule has 0 radical (unpaired) electrons. The first-order valence-corrected chi connectivity index (χ1v) is 9.62. The Morgan fingerprint density at radius 1 is 1.32 bits per heavy atom. The Bertz CT molecular complexity index is 1010. The summed E-state index contributed by atoms with van der Waals surface area (Å²) in [5, 5.41) is 7.09. The van der Waals surface area contributed by atoms with Gasteiger partial charge in [-0.2, -0.15) is 0 Å². The molecule has 0 saturated carbocycles. The van der Waals surface area contributed by atoms with Crippen LogP contribution in [0.1, 0.15) is 34.5 Å². The topological polar surface area (TPSA) is 83.3 Å². The lowest BCUT2D eigenvalue weighted by Gasteiger charge is -2.26. The van der Waals surface area contributed by atoms with Gasteiger partial charge in [0.25, 0.3) is 5.91 Å². The molecule has 0 spiro atoms. The minimum Gasteiger partial charge on any atom is -0.450 e. The Balaban J connectivity index is 1.48. The SMILES string of the molecule is CNc1cc(N2CCCC2CNC(=O)c2oc3c(C)cccc3c2C)ncn1. The maximum atomic E-state index is 12.8. The first-order valence-electron chi connectivity index (χ1n) is 9.62. The number of furan rings is 1. The summed E-state index contributed by atoms with van der Waals surface area (Å²) in [6, 6.07) is 8.11. The second-order valence-electron chi connectivity index (χ2n) is 7.22. The van der Waals surface area contributed by atoms with E-state index in [2.05, 4.69) is 25.5 Å². The van der Waals surface area contributed by atoms with Gasteiger partial charge in [-0.05, 0) is 32.3 Å². The number of fused-ring (bicyclic) bond motifs is 1. The predicted molar refractivity (Wildman–Crippen MR) is 110 cm³/mol. The number of hydrogen-bond acceptors (Lipinski definition) is 6. The van der Waals surface area contributed by atoms with Crippen molar-refractivity contribution in [2.45, 2.75) is 32.7 Å². The van der Waals surface area contributed by atoms with Crippen LogP contribution in [0.25, 0.3) is 11.0 Å². The molecule has 1 aromatic carbocycles. The molecule has 1 aliphatic rings. The van der Waals surface area contributed by atoms with Crippen LogP contribution in [-0.2, 0) is 0 Å². The van der Waals surface area contributed by atoms with E-state index in [0.717, 1.165) is 53.1 Å². The zero-order valence-corrected chi connectivity index (χ0v) is 16.5. The highest BCUT2D eigenvalue weighted by molar-refractivity contribution is 5.99. The van der Waals surface area contributed by atoms with Crippen molar-refractivity contribution in [3.8, 4) is 0 Å². The summed E-state index contributed by atoms with van der Waals surface area (Å²) in [6.45, 7) is 5.39. The van der Waals surface area contributed by atoms with Crippen LogP contribution in [0.5, 0.6) is 0 Å². The Hall–Kier alpha value is -3.09. The van der Waals surface area contributed by atoms with Crippen molar-refractivity contribution in [1.82, 2.24) is 15.3 Å². The Morgan fingerprint density at radius 3 is 2.96 bits per heavy atom. The van der Waals surface area contributed by atoms with Crippen LogP contribution in [0.15, 0.2) is 35.0 Å². The van der Waals surface area contributed by atoms with Crippen LogP contribution in [0.3, 0.4) is 0 Å². The van der Waals surface area contributed by atoms with E-state index < -0.39 is 0 Å². The Labute approximate surface area is 164 Å². The molecule has 2 aromatic heterocycles. The first-order chi connectivity index (χ1) is 13.6. The van der Waals surface area contributed by atoms with Gasteiger partial charge in [-0.3, -0.25) is 4.79 Å². The van der Waals surface area contributed by atoms with Gasteiger partial charge in [0.1, 0.15) is 23.5 Å². The number of nitrogens with one attached hydrogen (secondary N) is 2. The summed E-state index contributed by atoms with van der Waals surface area (Å²) in [4.78, 5) is 23.6. The van der Waals surface area contributed by atoms with Gasteiger partial charge >= 0.3 is 0 Å². The number of aryl methyl sites for hydroxylation is 2. The summed E-state index contributed by atoms with van der Waals surface area (Å²) in [5.74, 6) is 1.89. The molecule has 28 heavy (non-hydrogen) atoms. The molecule has 0 bridgehead atoms. The molecular weight excluding hydrogens is 354 g/mol. The third-order valence-electron chi connectivity index (χ3n) is 5.45. The number of carbonyl (C=O) groups is 1. The number of carbonyl (C=O) groups excluding carboxylic acids is 1. The molecule has 3 aromatic rings. The fourth-order valence-electron chi connectivity index (χ4n) is 3.88. The highest BCUT2D eigenvalue weighted by Crippen LogP contribution is 2.28. The average Bonchev–Trinajstić information content (AvgIpc) is 3.32. The molecule has 4 rings (SSSR count). The van der Waals surface area contributed by atoms with Gasteiger partial charge in [0.05, 0.1) is 0 Å². The average molecular weight is 379 g/mol. The number of benzene rings is 1. The predicted octanol–water partition coefficient (Wildman–Crippen LogP) is 3.28. The lowest BCUT2D eigenvalue weighted by molar-refractivity contribution is 0.0925. The minimum absolute atomic E-state index is 0.168. The summed E-state index contributed by atoms with van der Waals surface area (Å²) >= 11 is 0. The minimum atomic E-state index is -0.168. The molecule has 2 N–H and O–H groups in total. The zero-order chi connectivity index (χ0) is 19.7. The number of anilines is 2. The number of aromatic nitrogens is 2. The Kier molecular flexibility index (Phi) is 4.90. The molecule has 0 aliphatic carbocycles. The maximum absolute atomic E-state index is 12.8. The van der Waals surface area contributed by atoms with Gasteiger partial charge in [0.15, 0.2) is 5.76 Å². The van der Waals surface area contributed by atoms with E-state index in [-0.39, 0.29) is 11.9 Å². The molecule has 1 saturated heterocycles. The standard InChI is InChI=1S/C21H25N5O2/c1-13-6-4-8-16-14(2)20(28-19(13)16)21(27)23-11-15-7-5-9-26(15)18-10-17(22-3)24-12-25-18/h4,6,8,10,12,15H,5,7,9,11H2,1-3H3,(H,23,27)(H,22,24,25). The van der Waals surface area contributed by atoms with Crippen molar-refractivity contribution < 1.29 is 9.21 Å². The molecule has 1 fully saturated rings. The van der Waals surface area contributed by atoms with Crippen LogP contribution in [0, 0.1) is 13.8 Å². The molecule has 146 valence electrons. The number of hydrogen-bond donors (Lipinski definition) is 2. The number of nitrogens with zero attached hydrogens (tertiary/aromatic N) is 3. The summed E-state index contributed by atoms with van der Waals surface area (Å²) in [6.07, 6.45) is 3.65. The van der Waals surface area contributed by atoms with Crippen molar-refractivity contribution >= 4 is 28.5 Å². The molecular formula is C21H25N5O2. The van der Waals surface area contributed by atoms with Gasteiger partial charge in [0, 0.05) is 43.2 Å². The van der Waals surface area contributed by atoms with Crippen molar-refractivity contribution in [1.29, 1.82) is 0 Å². The second-order valence-corrected chi connectivity index (χ2v) is 7.22. The lowest BCUT2D eigenvalue weighted by Crippen LogP contribution is -2.40. The van der Waals surface area contributed by atoms with Crippen molar-refractivity contribution in [3.05, 3.63) is 47.5 Å². The zero-order valence-electron chi connectivity index (χ0n) is 16.5. The smallest absolute Gasteiger partial charge is 0.287 e. The van der Waals surface area contributed by atoms with Gasteiger partial charge < -0.3 is 20.0 Å². The van der Waals surface area contributed by atoms with Crippen LogP contribution < -0.4 is 15.5 Å². The van der Waals surface area contributed by atoms with E-state index in [1.54, 1.807) is 6.33 Å². The van der Waals surface area contributed by atoms with E-state index in [1.165, 1.54) is 0 Å². The molecule has 1 atom stereocenters. The molecule has 7 nitrogen and oxygen atoms in total. The van der Waals surface area contributed by atoms with Crippen LogP contribution >= 0.6 is 0 Å². The van der Waals surface area contributed by atoms with E-state index in [1.807, 2.05) is 45.2 Å². The van der Waals surface area contributed by atoms with E-state index in [9.17, 15) is 4.79 Å². The highest BCUT2D eigenvalue weighted by atomic mass is 16.3. The molecule has 3 heterocycles. The fourth-order valence-corrected chi connectivity index (χ4v) is 3.88. The monoisotopic (exact) mass is 379 g/mol. The number of amides is 1. The molecule has 1 aliphatic heterocycles. The van der Waals surface area contributed by atoms with Crippen molar-refractivity contribution in [2.75, 3.05) is 30.4 Å². The number of para-hydroxylation sites is 1. The molecule has 7 heteroatoms. The van der Waals surface area contributed by atoms with E-state index in [4.69, 9.17) is 4.42 Å². The highest BCUT2D eigenvalue weighted by Gasteiger charge is 2.27. The van der Waals surface area contributed by atoms with Gasteiger partial charge in [-0.25, -0.2) is 9.97 Å². The maximum Gasteiger partial charge on any atom is 0.287 e. The summed E-state index contributed by atoms with van der Waals surface area (Å²) in [5.41, 5.74) is 2.70. The fraction of sp³-hybridized carbons (Fsp3) is 0.381. The summed E-state index contributed by atoms with van der Waals surface area (Å²) < 4.78 is 5.89. The Morgan fingerprint density at radius 2 is 2.18 bits per heavy atom. The van der Waals surface area contributed by atoms with Gasteiger partial charge in [0.2, 0.25) is 0 Å². The lowest BCUT2D eigenvalue weighted by atomic mass is 10.1. The van der Waals surface area contributed by atoms with E-state index >= 15 is 0 Å². The van der Waals surface area contributed by atoms with Gasteiger partial charge in [-0.15, -0.1) is 0 Å². The number of rotatable bonds is 5. The van der Waals surface area contributed by atoms with E-state index in [0.29, 0.717) is 12.3 Å². The molecule has 1 unspecified atom stereocenters. The van der Waals surface area contributed by atoms with Crippen LogP contribution in [0.4, 0.5) is 11.6 Å². The third-order valence-corrected chi connectivity index (χ3v) is 5.45. The van der Waals surface area contributed by atoms with Gasteiger partial charge in [-0.1, -0.05) is 18.2 Å². The normalized spacial score (nSPS) is 16.5. The van der Waals surface area contributed by atoms with Crippen molar-refractivity contribution in [2.24, 2.45) is 0 Å². The largest absolute Gasteiger partial charge is 0.450 e. The third kappa shape index (κ3) is 3.28. The van der Waals surface area contributed by atoms with Crippen LogP contribution in [0.2, 0.25) is 0 Å². The van der Waals surface area contributed by atoms with Crippen LogP contribution in [-0.4, -0.2) is 42.1 Å². The quantitative estimate of drug-likeness (QED) is 0.708.